The standard InChI is InChI=1S/2C8H7N.C4H4O4/c2*1-2-4-8-7(3-1)5-6-9-8;5-3(6)1-2-4(7)8/h2*1-6,9H;1-2H,(H,5,6)(H,7,8)/b;;2-1-. The maximum atomic E-state index is 9.55. The van der Waals surface area contributed by atoms with Gasteiger partial charge in [0.05, 0.1) is 0 Å². The number of hydrogen-bond acceptors (Lipinski definition) is 2. The van der Waals surface area contributed by atoms with Crippen LogP contribution in [0.1, 0.15) is 0 Å². The summed E-state index contributed by atoms with van der Waals surface area (Å²) in [7, 11) is 0. The maximum absolute atomic E-state index is 9.55. The number of aromatic nitrogens is 2. The molecular weight excluding hydrogens is 332 g/mol. The number of benzene rings is 2. The first kappa shape index (κ1) is 18.5. The van der Waals surface area contributed by atoms with E-state index in [0.717, 1.165) is 0 Å². The number of carboxylic acid groups (broad SMARTS) is 2. The van der Waals surface area contributed by atoms with Crippen molar-refractivity contribution in [2.24, 2.45) is 0 Å². The molecule has 0 atom stereocenters. The number of H-pyrrole nitrogens is 2. The second kappa shape index (κ2) is 9.48. The van der Waals surface area contributed by atoms with Gasteiger partial charge in [-0.05, 0) is 35.0 Å². The van der Waals surface area contributed by atoms with Crippen LogP contribution >= 0.6 is 0 Å². The number of fused-ring (bicyclic) bond motifs is 2. The van der Waals surface area contributed by atoms with Gasteiger partial charge in [-0.1, -0.05) is 36.4 Å². The van der Waals surface area contributed by atoms with E-state index in [-0.39, 0.29) is 0 Å². The van der Waals surface area contributed by atoms with Gasteiger partial charge in [0.2, 0.25) is 0 Å². The zero-order valence-electron chi connectivity index (χ0n) is 13.8. The van der Waals surface area contributed by atoms with Crippen molar-refractivity contribution < 1.29 is 19.8 Å². The molecule has 0 saturated carbocycles. The van der Waals surface area contributed by atoms with Gasteiger partial charge < -0.3 is 20.2 Å². The summed E-state index contributed by atoms with van der Waals surface area (Å²) >= 11 is 0. The molecule has 0 fully saturated rings. The summed E-state index contributed by atoms with van der Waals surface area (Å²) in [5, 5.41) is 18.2. The van der Waals surface area contributed by atoms with Gasteiger partial charge in [0.15, 0.2) is 0 Å². The summed E-state index contributed by atoms with van der Waals surface area (Å²) in [6, 6.07) is 20.6. The lowest BCUT2D eigenvalue weighted by molar-refractivity contribution is -0.134. The van der Waals surface area contributed by atoms with Crippen LogP contribution in [0.4, 0.5) is 0 Å². The van der Waals surface area contributed by atoms with E-state index in [1.807, 2.05) is 36.7 Å². The lowest BCUT2D eigenvalue weighted by Crippen LogP contribution is -1.91. The molecular formula is C20H18N2O4. The van der Waals surface area contributed by atoms with E-state index in [1.165, 1.54) is 21.8 Å². The van der Waals surface area contributed by atoms with Crippen molar-refractivity contribution in [3.05, 3.63) is 85.2 Å². The van der Waals surface area contributed by atoms with E-state index in [1.54, 1.807) is 0 Å². The second-order valence-corrected chi connectivity index (χ2v) is 5.14. The third-order valence-electron chi connectivity index (χ3n) is 3.29. The van der Waals surface area contributed by atoms with Crippen LogP contribution in [0.2, 0.25) is 0 Å². The molecule has 0 spiro atoms. The number of rotatable bonds is 2. The molecule has 6 heteroatoms. The fourth-order valence-electron chi connectivity index (χ4n) is 2.13. The molecule has 132 valence electrons. The largest absolute Gasteiger partial charge is 0.478 e. The highest BCUT2D eigenvalue weighted by atomic mass is 16.4. The van der Waals surface area contributed by atoms with Crippen molar-refractivity contribution in [1.29, 1.82) is 0 Å². The highest BCUT2D eigenvalue weighted by Gasteiger charge is 1.88. The van der Waals surface area contributed by atoms with Crippen LogP contribution < -0.4 is 0 Å². The van der Waals surface area contributed by atoms with Crippen LogP contribution in [0.25, 0.3) is 21.8 Å². The van der Waals surface area contributed by atoms with Crippen LogP contribution in [0, 0.1) is 0 Å². The van der Waals surface area contributed by atoms with E-state index in [4.69, 9.17) is 10.2 Å². The Kier molecular flexibility index (Phi) is 6.76. The number of aromatic amines is 2. The molecule has 6 nitrogen and oxygen atoms in total. The van der Waals surface area contributed by atoms with Gasteiger partial charge in [0.25, 0.3) is 0 Å². The first-order chi connectivity index (χ1) is 12.6. The van der Waals surface area contributed by atoms with Crippen molar-refractivity contribution in [3.63, 3.8) is 0 Å². The molecule has 2 aromatic carbocycles. The Morgan fingerprint density at radius 1 is 0.654 bits per heavy atom. The highest BCUT2D eigenvalue weighted by Crippen LogP contribution is 2.09. The summed E-state index contributed by atoms with van der Waals surface area (Å²) in [6.45, 7) is 0. The van der Waals surface area contributed by atoms with E-state index >= 15 is 0 Å². The Bertz CT molecular complexity index is 872. The van der Waals surface area contributed by atoms with Crippen LogP contribution in [0.5, 0.6) is 0 Å². The van der Waals surface area contributed by atoms with E-state index in [0.29, 0.717) is 12.2 Å². The molecule has 0 aliphatic carbocycles. The average Bonchev–Trinajstić information content (AvgIpc) is 3.30. The Balaban J connectivity index is 0.000000141. The van der Waals surface area contributed by atoms with E-state index in [9.17, 15) is 9.59 Å². The van der Waals surface area contributed by atoms with Crippen molar-refractivity contribution >= 4 is 33.7 Å². The molecule has 0 bridgehead atoms. The minimum Gasteiger partial charge on any atom is -0.478 e. The van der Waals surface area contributed by atoms with Crippen LogP contribution in [0.3, 0.4) is 0 Å². The lowest BCUT2D eigenvalue weighted by atomic mass is 10.3. The highest BCUT2D eigenvalue weighted by molar-refractivity contribution is 5.89. The molecule has 2 aromatic heterocycles. The van der Waals surface area contributed by atoms with Crippen molar-refractivity contribution in [1.82, 2.24) is 9.97 Å². The molecule has 0 saturated heterocycles. The molecule has 4 rings (SSSR count). The topological polar surface area (TPSA) is 106 Å². The van der Waals surface area contributed by atoms with Gasteiger partial charge in [-0.15, -0.1) is 0 Å². The third-order valence-corrected chi connectivity index (χ3v) is 3.29. The van der Waals surface area contributed by atoms with Crippen LogP contribution in [-0.2, 0) is 9.59 Å². The predicted molar refractivity (Wildman–Crippen MR) is 101 cm³/mol. The SMILES string of the molecule is O=C(O)/C=C\C(=O)O.c1ccc2[nH]ccc2c1.c1ccc2[nH]ccc2c1. The predicted octanol–water partition coefficient (Wildman–Crippen LogP) is 4.05. The summed E-state index contributed by atoms with van der Waals surface area (Å²) in [4.78, 5) is 25.3. The minimum absolute atomic E-state index is 0.558. The quantitative estimate of drug-likeness (QED) is 0.409. The van der Waals surface area contributed by atoms with Crippen molar-refractivity contribution in [2.45, 2.75) is 0 Å². The third kappa shape index (κ3) is 6.01. The Hall–Kier alpha value is -3.80. The first-order valence-electron chi connectivity index (χ1n) is 7.74. The van der Waals surface area contributed by atoms with E-state index < -0.39 is 11.9 Å². The number of carbonyl (C=O) groups is 2. The lowest BCUT2D eigenvalue weighted by Gasteiger charge is -1.83. The average molecular weight is 350 g/mol. The molecule has 2 heterocycles. The number of hydrogen-bond donors (Lipinski definition) is 4. The first-order valence-corrected chi connectivity index (χ1v) is 7.74. The Labute approximate surface area is 149 Å². The summed E-state index contributed by atoms with van der Waals surface area (Å²) in [5.41, 5.74) is 2.41. The molecule has 4 aromatic rings. The second-order valence-electron chi connectivity index (χ2n) is 5.14. The molecule has 4 N–H and O–H groups in total. The smallest absolute Gasteiger partial charge is 0.328 e. The number of para-hydroxylation sites is 2. The molecule has 26 heavy (non-hydrogen) atoms. The van der Waals surface area contributed by atoms with Gasteiger partial charge >= 0.3 is 11.9 Å². The zero-order chi connectivity index (χ0) is 18.8. The zero-order valence-corrected chi connectivity index (χ0v) is 13.8. The van der Waals surface area contributed by atoms with Crippen molar-refractivity contribution in [2.75, 3.05) is 0 Å². The van der Waals surface area contributed by atoms with Crippen LogP contribution in [0.15, 0.2) is 85.2 Å². The summed E-state index contributed by atoms with van der Waals surface area (Å²) in [5.74, 6) is -2.51. The normalized spacial score (nSPS) is 10.0. The van der Waals surface area contributed by atoms with Gasteiger partial charge in [0, 0.05) is 35.6 Å². The molecule has 0 aliphatic rings. The Morgan fingerprint density at radius 2 is 1.04 bits per heavy atom. The van der Waals surface area contributed by atoms with E-state index in [2.05, 4.69) is 46.4 Å². The van der Waals surface area contributed by atoms with Crippen LogP contribution in [-0.4, -0.2) is 32.1 Å². The monoisotopic (exact) mass is 350 g/mol. The molecule has 0 aliphatic heterocycles. The van der Waals surface area contributed by atoms with Gasteiger partial charge in [-0.25, -0.2) is 9.59 Å². The molecule has 0 radical (unpaired) electrons. The maximum Gasteiger partial charge on any atom is 0.328 e. The molecule has 0 unspecified atom stereocenters. The molecule has 0 amide bonds. The van der Waals surface area contributed by atoms with Crippen molar-refractivity contribution in [3.8, 4) is 0 Å². The summed E-state index contributed by atoms with van der Waals surface area (Å²) < 4.78 is 0. The minimum atomic E-state index is -1.26. The number of nitrogens with one attached hydrogen (secondary N) is 2. The number of aliphatic carboxylic acids is 2. The van der Waals surface area contributed by atoms with Gasteiger partial charge in [-0.2, -0.15) is 0 Å². The fraction of sp³-hybridized carbons (Fsp3) is 0. The van der Waals surface area contributed by atoms with Gasteiger partial charge in [-0.3, -0.25) is 0 Å². The Morgan fingerprint density at radius 3 is 1.38 bits per heavy atom. The fourth-order valence-corrected chi connectivity index (χ4v) is 2.13. The number of carboxylic acids is 2. The van der Waals surface area contributed by atoms with Gasteiger partial charge in [0.1, 0.15) is 0 Å². The summed E-state index contributed by atoms with van der Waals surface area (Å²) in [6.07, 6.45) is 5.01.